The molecule has 0 radical (unpaired) electrons. The van der Waals surface area contributed by atoms with E-state index in [1.54, 1.807) is 18.5 Å². The highest BCUT2D eigenvalue weighted by Gasteiger charge is 2.35. The van der Waals surface area contributed by atoms with Crippen molar-refractivity contribution in [2.24, 2.45) is 4.99 Å². The standard InChI is InChI=1S/C27H17F5N4O/c28-20-7-6-15(11-16(20)13-23(37)18-3-1-5-19(24(18)29)27(30,31)32)12-22-17(4-2-9-33-22)25-26-21(8-10-34-26)35-14-36-25/h1-7,9-11,14H,8,12-13H2. The molecule has 37 heavy (non-hydrogen) atoms. The van der Waals surface area contributed by atoms with Crippen molar-refractivity contribution in [3.8, 4) is 11.3 Å². The molecular weight excluding hydrogens is 491 g/mol. The molecule has 4 aromatic rings. The highest BCUT2D eigenvalue weighted by molar-refractivity contribution is 5.98. The monoisotopic (exact) mass is 508 g/mol. The third kappa shape index (κ3) is 4.87. The van der Waals surface area contributed by atoms with Crippen LogP contribution in [0.1, 0.15) is 38.4 Å². The molecular formula is C27H17F5N4O. The van der Waals surface area contributed by atoms with Gasteiger partial charge in [0.15, 0.2) is 5.78 Å². The number of ketones is 1. The summed E-state index contributed by atoms with van der Waals surface area (Å²) in [4.78, 5) is 30.1. The van der Waals surface area contributed by atoms with E-state index in [1.165, 1.54) is 18.5 Å². The van der Waals surface area contributed by atoms with Crippen LogP contribution in [0.3, 0.4) is 0 Å². The molecule has 0 unspecified atom stereocenters. The molecule has 0 saturated carbocycles. The number of carbonyl (C=O) groups is 1. The van der Waals surface area contributed by atoms with E-state index in [0.717, 1.165) is 23.9 Å². The van der Waals surface area contributed by atoms with Gasteiger partial charge in [-0.15, -0.1) is 0 Å². The van der Waals surface area contributed by atoms with E-state index in [2.05, 4.69) is 19.9 Å². The maximum absolute atomic E-state index is 14.6. The summed E-state index contributed by atoms with van der Waals surface area (Å²) in [6.07, 6.45) is 0.0832. The number of Topliss-reactive ketones (excluding diaryl/α,β-unsaturated/α-hetero) is 1. The van der Waals surface area contributed by atoms with Crippen LogP contribution in [0.4, 0.5) is 27.6 Å². The Morgan fingerprint density at radius 3 is 2.62 bits per heavy atom. The lowest BCUT2D eigenvalue weighted by Crippen LogP contribution is -2.14. The van der Waals surface area contributed by atoms with E-state index in [-0.39, 0.29) is 12.0 Å². The lowest BCUT2D eigenvalue weighted by molar-refractivity contribution is -0.140. The van der Waals surface area contributed by atoms with Crippen molar-refractivity contribution in [3.05, 3.63) is 106 Å². The first-order chi connectivity index (χ1) is 17.7. The number of aliphatic imine (C=N–C) groups is 1. The number of benzene rings is 2. The van der Waals surface area contributed by atoms with Crippen LogP contribution in [0.15, 0.2) is 66.0 Å². The second-order valence-electron chi connectivity index (χ2n) is 8.40. The van der Waals surface area contributed by atoms with E-state index >= 15 is 0 Å². The highest BCUT2D eigenvalue weighted by Crippen LogP contribution is 2.35. The van der Waals surface area contributed by atoms with E-state index in [0.29, 0.717) is 40.7 Å². The fraction of sp³-hybridized carbons (Fsp3) is 0.148. The third-order valence-electron chi connectivity index (χ3n) is 5.99. The minimum atomic E-state index is -4.96. The topological polar surface area (TPSA) is 68.1 Å². The van der Waals surface area contributed by atoms with Crippen LogP contribution in [0.25, 0.3) is 11.3 Å². The summed E-state index contributed by atoms with van der Waals surface area (Å²) >= 11 is 0. The molecule has 0 N–H and O–H groups in total. The molecule has 5 rings (SSSR count). The number of alkyl halides is 3. The summed E-state index contributed by atoms with van der Waals surface area (Å²) in [6, 6.07) is 10.2. The Labute approximate surface area is 207 Å². The van der Waals surface area contributed by atoms with Gasteiger partial charge >= 0.3 is 6.18 Å². The van der Waals surface area contributed by atoms with Gasteiger partial charge in [-0.25, -0.2) is 18.7 Å². The molecule has 186 valence electrons. The molecule has 5 nitrogen and oxygen atoms in total. The Balaban J connectivity index is 1.44. The Bertz CT molecular complexity index is 1550. The third-order valence-corrected chi connectivity index (χ3v) is 5.99. The molecule has 2 aromatic carbocycles. The molecule has 10 heteroatoms. The summed E-state index contributed by atoms with van der Waals surface area (Å²) in [6.45, 7) is 0. The number of pyridine rings is 1. The fourth-order valence-corrected chi connectivity index (χ4v) is 4.22. The number of fused-ring (bicyclic) bond motifs is 1. The van der Waals surface area contributed by atoms with E-state index in [1.807, 2.05) is 6.07 Å². The number of hydrogen-bond acceptors (Lipinski definition) is 5. The van der Waals surface area contributed by atoms with Crippen molar-refractivity contribution in [2.45, 2.75) is 25.4 Å². The molecule has 1 aliphatic heterocycles. The SMILES string of the molecule is O=C(Cc1cc(Cc2ncccc2-c2ncnc3c2N=CC3)ccc1F)c1cccc(C(F)(F)F)c1F. The van der Waals surface area contributed by atoms with Crippen molar-refractivity contribution in [1.29, 1.82) is 0 Å². The summed E-state index contributed by atoms with van der Waals surface area (Å²) < 4.78 is 68.1. The number of rotatable bonds is 6. The van der Waals surface area contributed by atoms with E-state index in [4.69, 9.17) is 0 Å². The first kappa shape index (κ1) is 24.4. The Morgan fingerprint density at radius 2 is 1.81 bits per heavy atom. The van der Waals surface area contributed by atoms with Gasteiger partial charge in [0, 0.05) is 37.2 Å². The van der Waals surface area contributed by atoms with Crippen LogP contribution in [-0.2, 0) is 25.4 Å². The number of aromatic nitrogens is 3. The minimum Gasteiger partial charge on any atom is -0.294 e. The molecule has 0 bridgehead atoms. The van der Waals surface area contributed by atoms with Crippen LogP contribution in [0.2, 0.25) is 0 Å². The molecule has 0 saturated heterocycles. The summed E-state index contributed by atoms with van der Waals surface area (Å²) in [7, 11) is 0. The van der Waals surface area contributed by atoms with Gasteiger partial charge in [0.2, 0.25) is 0 Å². The molecule has 3 heterocycles. The Hall–Kier alpha value is -4.34. The predicted molar refractivity (Wildman–Crippen MR) is 126 cm³/mol. The van der Waals surface area contributed by atoms with Crippen molar-refractivity contribution in [2.75, 3.05) is 0 Å². The zero-order valence-electron chi connectivity index (χ0n) is 19.1. The van der Waals surface area contributed by atoms with Crippen LogP contribution < -0.4 is 0 Å². The van der Waals surface area contributed by atoms with Gasteiger partial charge < -0.3 is 0 Å². The van der Waals surface area contributed by atoms with Gasteiger partial charge in [0.05, 0.1) is 22.5 Å². The predicted octanol–water partition coefficient (Wildman–Crippen LogP) is 6.11. The Morgan fingerprint density at radius 1 is 0.973 bits per heavy atom. The van der Waals surface area contributed by atoms with Crippen LogP contribution in [0.5, 0.6) is 0 Å². The van der Waals surface area contributed by atoms with Gasteiger partial charge in [-0.1, -0.05) is 18.2 Å². The quantitative estimate of drug-likeness (QED) is 0.233. The number of halogens is 5. The van der Waals surface area contributed by atoms with Gasteiger partial charge in [-0.3, -0.25) is 14.8 Å². The van der Waals surface area contributed by atoms with Crippen molar-refractivity contribution in [1.82, 2.24) is 15.0 Å². The smallest absolute Gasteiger partial charge is 0.294 e. The van der Waals surface area contributed by atoms with Gasteiger partial charge in [0.25, 0.3) is 0 Å². The number of nitrogens with zero attached hydrogens (tertiary/aromatic N) is 4. The van der Waals surface area contributed by atoms with Gasteiger partial charge in [-0.05, 0) is 41.5 Å². The average molecular weight is 508 g/mol. The first-order valence-electron chi connectivity index (χ1n) is 11.2. The van der Waals surface area contributed by atoms with Crippen LogP contribution in [-0.4, -0.2) is 26.9 Å². The Kier molecular flexibility index (Phi) is 6.32. The molecule has 0 atom stereocenters. The van der Waals surface area contributed by atoms with E-state index in [9.17, 15) is 26.7 Å². The largest absolute Gasteiger partial charge is 0.419 e. The highest BCUT2D eigenvalue weighted by atomic mass is 19.4. The first-order valence-corrected chi connectivity index (χ1v) is 11.2. The molecule has 2 aromatic heterocycles. The minimum absolute atomic E-state index is 0.0654. The summed E-state index contributed by atoms with van der Waals surface area (Å²) in [5.74, 6) is -3.36. The maximum atomic E-state index is 14.6. The molecule has 1 aliphatic rings. The molecule has 0 amide bonds. The van der Waals surface area contributed by atoms with Crippen LogP contribution in [0, 0.1) is 11.6 Å². The average Bonchev–Trinajstić information content (AvgIpc) is 3.35. The second-order valence-corrected chi connectivity index (χ2v) is 8.40. The number of carbonyl (C=O) groups excluding carboxylic acids is 1. The molecule has 0 spiro atoms. The summed E-state index contributed by atoms with van der Waals surface area (Å²) in [5, 5.41) is 0. The van der Waals surface area contributed by atoms with E-state index < -0.39 is 41.1 Å². The van der Waals surface area contributed by atoms with Crippen LogP contribution >= 0.6 is 0 Å². The zero-order chi connectivity index (χ0) is 26.2. The lowest BCUT2D eigenvalue weighted by atomic mass is 9.96. The van der Waals surface area contributed by atoms with Gasteiger partial charge in [0.1, 0.15) is 29.3 Å². The van der Waals surface area contributed by atoms with Crippen molar-refractivity contribution in [3.63, 3.8) is 0 Å². The number of hydrogen-bond donors (Lipinski definition) is 0. The maximum Gasteiger partial charge on any atom is 0.419 e. The van der Waals surface area contributed by atoms with Gasteiger partial charge in [-0.2, -0.15) is 13.2 Å². The fourth-order valence-electron chi connectivity index (χ4n) is 4.22. The zero-order valence-corrected chi connectivity index (χ0v) is 19.1. The molecule has 0 aliphatic carbocycles. The molecule has 0 fully saturated rings. The summed E-state index contributed by atoms with van der Waals surface area (Å²) in [5.41, 5.74) is 1.65. The second kappa shape index (κ2) is 9.61. The lowest BCUT2D eigenvalue weighted by Gasteiger charge is -2.12. The normalized spacial score (nSPS) is 12.6. The van der Waals surface area contributed by atoms with Crippen molar-refractivity contribution < 1.29 is 26.7 Å². The van der Waals surface area contributed by atoms with Crippen molar-refractivity contribution >= 4 is 17.7 Å².